The molecule has 5 rings (SSSR count). The maximum Gasteiger partial charge on any atom is 0.339 e. The second-order valence-corrected chi connectivity index (χ2v) is 8.64. The summed E-state index contributed by atoms with van der Waals surface area (Å²) in [5, 5.41) is 9.33. The van der Waals surface area contributed by atoms with E-state index < -0.39 is 0 Å². The summed E-state index contributed by atoms with van der Waals surface area (Å²) < 4.78 is 13.0. The highest BCUT2D eigenvalue weighted by Crippen LogP contribution is 2.32. The number of hydrogen-bond acceptors (Lipinski definition) is 6. The van der Waals surface area contributed by atoms with Crippen LogP contribution in [0.15, 0.2) is 60.8 Å². The van der Waals surface area contributed by atoms with Crippen molar-refractivity contribution in [2.45, 2.75) is 32.4 Å². The van der Waals surface area contributed by atoms with E-state index in [1.165, 1.54) is 7.11 Å². The maximum atomic E-state index is 12.2. The van der Waals surface area contributed by atoms with Crippen LogP contribution >= 0.6 is 0 Å². The van der Waals surface area contributed by atoms with Crippen LogP contribution in [0.3, 0.4) is 0 Å². The van der Waals surface area contributed by atoms with Crippen LogP contribution in [-0.2, 0) is 9.47 Å². The lowest BCUT2D eigenvalue weighted by Gasteiger charge is -2.23. The van der Waals surface area contributed by atoms with Crippen molar-refractivity contribution in [2.24, 2.45) is 0 Å². The summed E-state index contributed by atoms with van der Waals surface area (Å²) in [5.41, 5.74) is 5.89. The minimum absolute atomic E-state index is 0.108. The zero-order valence-corrected chi connectivity index (χ0v) is 19.9. The molecular weight excluding hydrogens is 440 g/mol. The minimum Gasteiger partial charge on any atom is -0.465 e. The Morgan fingerprint density at radius 1 is 1.14 bits per heavy atom. The summed E-state index contributed by atoms with van der Waals surface area (Å²) in [4.78, 5) is 16.6. The van der Waals surface area contributed by atoms with Gasteiger partial charge in [0.25, 0.3) is 0 Å². The zero-order valence-electron chi connectivity index (χ0n) is 19.9. The molecule has 1 N–H and O–H groups in total. The lowest BCUT2D eigenvalue weighted by Crippen LogP contribution is -2.19. The molecule has 4 aromatic rings. The summed E-state index contributed by atoms with van der Waals surface area (Å²) >= 11 is 0. The summed E-state index contributed by atoms with van der Waals surface area (Å²) in [7, 11) is 1.38. The number of carbonyl (C=O) groups is 1. The number of para-hydroxylation sites is 1. The quantitative estimate of drug-likeness (QED) is 0.343. The third-order valence-electron chi connectivity index (χ3n) is 6.12. The first-order chi connectivity index (χ1) is 17.1. The number of rotatable bonds is 6. The first-order valence-corrected chi connectivity index (χ1v) is 11.8. The van der Waals surface area contributed by atoms with E-state index >= 15 is 0 Å². The van der Waals surface area contributed by atoms with Gasteiger partial charge in [0.2, 0.25) is 0 Å². The van der Waals surface area contributed by atoms with Gasteiger partial charge in [0, 0.05) is 23.9 Å². The summed E-state index contributed by atoms with van der Waals surface area (Å²) in [6.07, 6.45) is 8.78. The van der Waals surface area contributed by atoms with E-state index in [2.05, 4.69) is 23.3 Å². The molecule has 35 heavy (non-hydrogen) atoms. The second-order valence-electron chi connectivity index (χ2n) is 8.64. The normalized spacial score (nSPS) is 16.0. The number of nitrogens with zero attached hydrogens (tertiary/aromatic N) is 3. The molecule has 178 valence electrons. The molecule has 0 bridgehead atoms. The highest BCUT2D eigenvalue weighted by molar-refractivity contribution is 5.97. The van der Waals surface area contributed by atoms with Gasteiger partial charge in [-0.3, -0.25) is 4.98 Å². The Balaban J connectivity index is 1.54. The first kappa shape index (κ1) is 22.8. The molecule has 1 atom stereocenters. The number of hydrogen-bond donors (Lipinski definition) is 1. The van der Waals surface area contributed by atoms with Crippen molar-refractivity contribution in [3.8, 4) is 0 Å². The van der Waals surface area contributed by atoms with Crippen LogP contribution in [0.25, 0.3) is 23.1 Å². The number of aromatic nitrogens is 3. The molecule has 3 heterocycles. The van der Waals surface area contributed by atoms with Gasteiger partial charge in [-0.1, -0.05) is 12.1 Å². The first-order valence-electron chi connectivity index (χ1n) is 11.8. The molecule has 2 aromatic carbocycles. The lowest BCUT2D eigenvalue weighted by molar-refractivity contribution is -0.0367. The van der Waals surface area contributed by atoms with Gasteiger partial charge in [0.15, 0.2) is 6.23 Å². The molecule has 0 spiro atoms. The van der Waals surface area contributed by atoms with Crippen LogP contribution < -0.4 is 5.32 Å². The molecule has 1 fully saturated rings. The van der Waals surface area contributed by atoms with Crippen molar-refractivity contribution in [2.75, 3.05) is 19.0 Å². The molecule has 0 aliphatic carbocycles. The van der Waals surface area contributed by atoms with Crippen LogP contribution in [0.2, 0.25) is 0 Å². The van der Waals surface area contributed by atoms with Crippen LogP contribution in [0.5, 0.6) is 0 Å². The fraction of sp³-hybridized carbons (Fsp3) is 0.250. The van der Waals surface area contributed by atoms with Crippen molar-refractivity contribution in [1.82, 2.24) is 14.8 Å². The van der Waals surface area contributed by atoms with E-state index in [0.717, 1.165) is 59.4 Å². The van der Waals surface area contributed by atoms with E-state index in [9.17, 15) is 4.79 Å². The third-order valence-corrected chi connectivity index (χ3v) is 6.12. The zero-order chi connectivity index (χ0) is 24.2. The second kappa shape index (κ2) is 10.1. The molecule has 0 amide bonds. The van der Waals surface area contributed by atoms with E-state index in [1.807, 2.05) is 65.5 Å². The lowest BCUT2D eigenvalue weighted by atomic mass is 10.1. The summed E-state index contributed by atoms with van der Waals surface area (Å²) in [6.45, 7) is 2.78. The molecule has 7 nitrogen and oxygen atoms in total. The molecule has 1 unspecified atom stereocenters. The number of carbonyl (C=O) groups excluding carboxylic acids is 1. The average Bonchev–Trinajstić information content (AvgIpc) is 3.26. The highest BCUT2D eigenvalue weighted by Gasteiger charge is 2.21. The number of ether oxygens (including phenoxy) is 2. The Morgan fingerprint density at radius 3 is 2.83 bits per heavy atom. The number of nitrogens with one attached hydrogen (secondary N) is 1. The number of fused-ring (bicyclic) bond motifs is 1. The van der Waals surface area contributed by atoms with Crippen LogP contribution in [0, 0.1) is 6.92 Å². The molecule has 0 radical (unpaired) electrons. The van der Waals surface area contributed by atoms with E-state index in [0.29, 0.717) is 11.3 Å². The number of pyridine rings is 1. The van der Waals surface area contributed by atoms with Gasteiger partial charge in [0.1, 0.15) is 0 Å². The largest absolute Gasteiger partial charge is 0.465 e. The molecule has 7 heteroatoms. The number of benzene rings is 2. The predicted molar refractivity (Wildman–Crippen MR) is 138 cm³/mol. The van der Waals surface area contributed by atoms with Gasteiger partial charge in [-0.15, -0.1) is 0 Å². The average molecular weight is 469 g/mol. The van der Waals surface area contributed by atoms with Crippen LogP contribution in [0.4, 0.5) is 11.4 Å². The fourth-order valence-corrected chi connectivity index (χ4v) is 4.35. The SMILES string of the molecule is COC(=O)c1ccccc1Nc1ccc2c(/C=C/c3cc(C)ccn3)nn(C3CCCCO3)c2c1. The topological polar surface area (TPSA) is 78.3 Å². The van der Waals surface area contributed by atoms with Gasteiger partial charge in [-0.05, 0) is 86.4 Å². The maximum absolute atomic E-state index is 12.2. The van der Waals surface area contributed by atoms with Crippen molar-refractivity contribution in [3.05, 3.63) is 83.3 Å². The predicted octanol–water partition coefficient (Wildman–Crippen LogP) is 6.14. The van der Waals surface area contributed by atoms with Gasteiger partial charge >= 0.3 is 5.97 Å². The molecule has 1 saturated heterocycles. The number of esters is 1. The Kier molecular flexibility index (Phi) is 6.59. The van der Waals surface area contributed by atoms with Gasteiger partial charge < -0.3 is 14.8 Å². The Hall–Kier alpha value is -3.97. The molecule has 2 aromatic heterocycles. The van der Waals surface area contributed by atoms with Gasteiger partial charge in [0.05, 0.1) is 35.3 Å². The van der Waals surface area contributed by atoms with Crippen molar-refractivity contribution >= 4 is 40.4 Å². The molecule has 1 aliphatic rings. The molecule has 1 aliphatic heterocycles. The van der Waals surface area contributed by atoms with Gasteiger partial charge in [-0.2, -0.15) is 5.10 Å². The van der Waals surface area contributed by atoms with Crippen molar-refractivity contribution < 1.29 is 14.3 Å². The van der Waals surface area contributed by atoms with Crippen molar-refractivity contribution in [1.29, 1.82) is 0 Å². The van der Waals surface area contributed by atoms with Crippen LogP contribution in [0.1, 0.15) is 52.8 Å². The Morgan fingerprint density at radius 2 is 2.03 bits per heavy atom. The minimum atomic E-state index is -0.382. The number of methoxy groups -OCH3 is 1. The smallest absolute Gasteiger partial charge is 0.339 e. The van der Waals surface area contributed by atoms with Gasteiger partial charge in [-0.25, -0.2) is 9.48 Å². The third kappa shape index (κ3) is 4.95. The standard InChI is InChI=1S/C28H28N4O3/c1-19-14-15-29-20(17-19)11-13-25-22-12-10-21(30-24-8-4-3-7-23(24)28(33)34-2)18-26(22)32(31-25)27-9-5-6-16-35-27/h3-4,7-8,10-15,17-18,27,30H,5-6,9,16H2,1-2H3/b13-11+. The fourth-order valence-electron chi connectivity index (χ4n) is 4.35. The number of anilines is 2. The monoisotopic (exact) mass is 468 g/mol. The highest BCUT2D eigenvalue weighted by atomic mass is 16.5. The molecule has 0 saturated carbocycles. The summed E-state index contributed by atoms with van der Waals surface area (Å²) in [5.74, 6) is -0.382. The van der Waals surface area contributed by atoms with E-state index in [1.54, 1.807) is 6.07 Å². The number of aryl methyl sites for hydroxylation is 1. The summed E-state index contributed by atoms with van der Waals surface area (Å²) in [6, 6.07) is 17.4. The van der Waals surface area contributed by atoms with E-state index in [-0.39, 0.29) is 12.2 Å². The Labute approximate surface area is 204 Å². The van der Waals surface area contributed by atoms with Crippen molar-refractivity contribution in [3.63, 3.8) is 0 Å². The molecular formula is C28H28N4O3. The van der Waals surface area contributed by atoms with Crippen LogP contribution in [-0.4, -0.2) is 34.5 Å². The Bertz CT molecular complexity index is 1390. The van der Waals surface area contributed by atoms with E-state index in [4.69, 9.17) is 14.6 Å².